The van der Waals surface area contributed by atoms with Crippen molar-refractivity contribution in [2.75, 3.05) is 0 Å². The van der Waals surface area contributed by atoms with Crippen LogP contribution in [0, 0.1) is 0 Å². The number of hydrogen-bond donors (Lipinski definition) is 0. The minimum atomic E-state index is -0.0517. The first-order valence-corrected chi connectivity index (χ1v) is 13.5. The summed E-state index contributed by atoms with van der Waals surface area (Å²) in [4.78, 5) is 15.2. The van der Waals surface area contributed by atoms with Gasteiger partial charge in [0.05, 0.1) is 11.6 Å². The van der Waals surface area contributed by atoms with E-state index in [1.165, 1.54) is 22.0 Å². The van der Waals surface area contributed by atoms with Crippen LogP contribution in [0.5, 0.6) is 0 Å². The highest BCUT2D eigenvalue weighted by Crippen LogP contribution is 2.52. The van der Waals surface area contributed by atoms with Gasteiger partial charge in [0.2, 0.25) is 5.95 Å². The fraction of sp³-hybridized carbons (Fsp3) is 0.147. The SMILES string of the molecule is CC1(C)C2=CC=CCC2n2c1cc1c3ccccc3n(-c3nc(-c4ccccc4)nc(-c4ccccc4)n3)c12. The molecule has 0 fully saturated rings. The number of fused-ring (bicyclic) bond motifs is 7. The van der Waals surface area contributed by atoms with E-state index in [2.05, 4.69) is 95.8 Å². The van der Waals surface area contributed by atoms with Gasteiger partial charge in [0.1, 0.15) is 5.65 Å². The molecule has 8 rings (SSSR count). The van der Waals surface area contributed by atoms with Gasteiger partial charge in [-0.1, -0.05) is 111 Å². The maximum Gasteiger partial charge on any atom is 0.239 e. The molecule has 5 heteroatoms. The minimum Gasteiger partial charge on any atom is -0.322 e. The third-order valence-corrected chi connectivity index (χ3v) is 8.35. The molecule has 1 unspecified atom stereocenters. The highest BCUT2D eigenvalue weighted by atomic mass is 15.3. The molecular formula is C34H27N5. The zero-order valence-corrected chi connectivity index (χ0v) is 21.9. The zero-order chi connectivity index (χ0) is 26.1. The van der Waals surface area contributed by atoms with Gasteiger partial charge in [0, 0.05) is 33.0 Å². The smallest absolute Gasteiger partial charge is 0.239 e. The van der Waals surface area contributed by atoms with Crippen molar-refractivity contribution in [3.63, 3.8) is 0 Å². The Balaban J connectivity index is 1.48. The summed E-state index contributed by atoms with van der Waals surface area (Å²) < 4.78 is 4.80. The third-order valence-electron chi connectivity index (χ3n) is 8.35. The molecule has 0 amide bonds. The number of hydrogen-bond acceptors (Lipinski definition) is 3. The Morgan fingerprint density at radius 2 is 1.38 bits per heavy atom. The summed E-state index contributed by atoms with van der Waals surface area (Å²) in [5.74, 6) is 1.97. The molecule has 188 valence electrons. The molecule has 3 aromatic heterocycles. The number of rotatable bonds is 3. The van der Waals surface area contributed by atoms with Crippen molar-refractivity contribution in [3.8, 4) is 28.7 Å². The summed E-state index contributed by atoms with van der Waals surface area (Å²) in [5, 5.41) is 2.45. The summed E-state index contributed by atoms with van der Waals surface area (Å²) >= 11 is 0. The van der Waals surface area contributed by atoms with Crippen molar-refractivity contribution >= 4 is 21.9 Å². The van der Waals surface area contributed by atoms with Crippen molar-refractivity contribution in [2.24, 2.45) is 0 Å². The molecule has 6 aromatic rings. The number of para-hydroxylation sites is 1. The Morgan fingerprint density at radius 1 is 0.744 bits per heavy atom. The van der Waals surface area contributed by atoms with Crippen LogP contribution in [-0.4, -0.2) is 24.1 Å². The predicted molar refractivity (Wildman–Crippen MR) is 157 cm³/mol. The van der Waals surface area contributed by atoms with Crippen molar-refractivity contribution in [1.82, 2.24) is 24.1 Å². The summed E-state index contributed by atoms with van der Waals surface area (Å²) in [6.07, 6.45) is 7.78. The lowest BCUT2D eigenvalue weighted by Crippen LogP contribution is -2.17. The van der Waals surface area contributed by atoms with E-state index in [-0.39, 0.29) is 11.5 Å². The molecule has 1 atom stereocenters. The van der Waals surface area contributed by atoms with Crippen LogP contribution in [0.25, 0.3) is 50.7 Å². The average Bonchev–Trinajstić information content (AvgIpc) is 3.60. The Kier molecular flexibility index (Phi) is 4.63. The normalized spacial score (nSPS) is 17.4. The van der Waals surface area contributed by atoms with E-state index in [1.807, 2.05) is 36.4 Å². The number of benzene rings is 3. The fourth-order valence-electron chi connectivity index (χ4n) is 6.48. The van der Waals surface area contributed by atoms with Gasteiger partial charge >= 0.3 is 0 Å². The Bertz CT molecular complexity index is 1900. The van der Waals surface area contributed by atoms with Crippen LogP contribution < -0.4 is 0 Å². The molecule has 1 aliphatic carbocycles. The third kappa shape index (κ3) is 3.16. The van der Waals surface area contributed by atoms with Crippen molar-refractivity contribution in [2.45, 2.75) is 31.7 Å². The summed E-state index contributed by atoms with van der Waals surface area (Å²) in [7, 11) is 0. The second kappa shape index (κ2) is 8.11. The Labute approximate surface area is 226 Å². The van der Waals surface area contributed by atoms with Gasteiger partial charge in [-0.05, 0) is 24.1 Å². The largest absolute Gasteiger partial charge is 0.322 e. The molecule has 5 nitrogen and oxygen atoms in total. The number of allylic oxidation sites excluding steroid dienone is 4. The molecule has 39 heavy (non-hydrogen) atoms. The van der Waals surface area contributed by atoms with E-state index >= 15 is 0 Å². The first-order valence-electron chi connectivity index (χ1n) is 13.5. The molecular weight excluding hydrogens is 478 g/mol. The molecule has 0 radical (unpaired) electrons. The minimum absolute atomic E-state index is 0.0517. The van der Waals surface area contributed by atoms with E-state index in [1.54, 1.807) is 0 Å². The van der Waals surface area contributed by atoms with Crippen LogP contribution in [0.1, 0.15) is 32.0 Å². The molecule has 2 aliphatic rings. The van der Waals surface area contributed by atoms with Gasteiger partial charge in [-0.2, -0.15) is 9.97 Å². The van der Waals surface area contributed by atoms with Crippen LogP contribution in [-0.2, 0) is 5.41 Å². The second-order valence-corrected chi connectivity index (χ2v) is 10.9. The second-order valence-electron chi connectivity index (χ2n) is 10.9. The first-order chi connectivity index (χ1) is 19.1. The van der Waals surface area contributed by atoms with E-state index in [0.29, 0.717) is 17.6 Å². The van der Waals surface area contributed by atoms with Gasteiger partial charge in [-0.25, -0.2) is 4.98 Å². The van der Waals surface area contributed by atoms with Crippen LogP contribution in [0.2, 0.25) is 0 Å². The standard InChI is InChI=1S/C34H27N5/c1-34(2)26-18-10-12-20-28(26)38-29(34)21-25-24-17-9-11-19-27(24)39(32(25)38)33-36-30(22-13-5-3-6-14-22)35-31(37-33)23-15-7-4-8-16-23/h3-19,21,28H,20H2,1-2H3. The zero-order valence-electron chi connectivity index (χ0n) is 21.9. The topological polar surface area (TPSA) is 48.5 Å². The predicted octanol–water partition coefficient (Wildman–Crippen LogP) is 7.82. The summed E-state index contributed by atoms with van der Waals surface area (Å²) in [6, 6.07) is 31.6. The lowest BCUT2D eigenvalue weighted by Gasteiger charge is -2.24. The lowest BCUT2D eigenvalue weighted by molar-refractivity contribution is 0.589. The summed E-state index contributed by atoms with van der Waals surface area (Å²) in [6.45, 7) is 4.69. The molecule has 0 spiro atoms. The monoisotopic (exact) mass is 505 g/mol. The van der Waals surface area contributed by atoms with Crippen LogP contribution in [0.4, 0.5) is 0 Å². The van der Waals surface area contributed by atoms with E-state index in [9.17, 15) is 0 Å². The van der Waals surface area contributed by atoms with E-state index < -0.39 is 0 Å². The van der Waals surface area contributed by atoms with Crippen LogP contribution in [0.15, 0.2) is 115 Å². The highest BCUT2D eigenvalue weighted by Gasteiger charge is 2.44. The van der Waals surface area contributed by atoms with Crippen LogP contribution in [0.3, 0.4) is 0 Å². The van der Waals surface area contributed by atoms with Crippen molar-refractivity contribution < 1.29 is 0 Å². The van der Waals surface area contributed by atoms with Gasteiger partial charge < -0.3 is 4.57 Å². The van der Waals surface area contributed by atoms with Crippen molar-refractivity contribution in [3.05, 3.63) is 120 Å². The van der Waals surface area contributed by atoms with Crippen LogP contribution >= 0.6 is 0 Å². The Morgan fingerprint density at radius 3 is 2.08 bits per heavy atom. The molecule has 0 saturated carbocycles. The number of aromatic nitrogens is 5. The maximum absolute atomic E-state index is 5.12. The molecule has 0 N–H and O–H groups in total. The Hall–Kier alpha value is -4.77. The van der Waals surface area contributed by atoms with Gasteiger partial charge in [-0.15, -0.1) is 0 Å². The van der Waals surface area contributed by atoms with E-state index in [0.717, 1.165) is 28.7 Å². The van der Waals surface area contributed by atoms with Gasteiger partial charge in [0.15, 0.2) is 11.6 Å². The van der Waals surface area contributed by atoms with E-state index in [4.69, 9.17) is 15.0 Å². The average molecular weight is 506 g/mol. The fourth-order valence-corrected chi connectivity index (χ4v) is 6.48. The molecule has 0 bridgehead atoms. The number of nitrogens with zero attached hydrogens (tertiary/aromatic N) is 5. The quantitative estimate of drug-likeness (QED) is 0.246. The van der Waals surface area contributed by atoms with Crippen molar-refractivity contribution in [1.29, 1.82) is 0 Å². The van der Waals surface area contributed by atoms with Gasteiger partial charge in [0.25, 0.3) is 0 Å². The molecule has 0 saturated heterocycles. The maximum atomic E-state index is 5.12. The lowest BCUT2D eigenvalue weighted by atomic mass is 9.79. The molecule has 1 aliphatic heterocycles. The summed E-state index contributed by atoms with van der Waals surface area (Å²) in [5.41, 5.74) is 6.93. The van der Waals surface area contributed by atoms with Gasteiger partial charge in [-0.3, -0.25) is 4.57 Å². The highest BCUT2D eigenvalue weighted by molar-refractivity contribution is 6.09. The molecule has 4 heterocycles. The molecule has 3 aromatic carbocycles. The first kappa shape index (κ1) is 22.2.